The van der Waals surface area contributed by atoms with Gasteiger partial charge < -0.3 is 10.4 Å². The van der Waals surface area contributed by atoms with Crippen LogP contribution in [0.25, 0.3) is 5.69 Å². The molecule has 3 rings (SSSR count). The monoisotopic (exact) mass is 384 g/mol. The van der Waals surface area contributed by atoms with E-state index in [0.29, 0.717) is 18.2 Å². The Hall–Kier alpha value is -2.67. The fraction of sp³-hybridized carbons (Fsp3) is 0.476. The fourth-order valence-electron chi connectivity index (χ4n) is 3.68. The summed E-state index contributed by atoms with van der Waals surface area (Å²) in [4.78, 5) is 23.7. The smallest absolute Gasteiger partial charge is 0.320 e. The minimum absolute atomic E-state index is 0.0598. The second-order valence-corrected chi connectivity index (χ2v) is 7.29. The number of carboxylic acid groups (broad SMARTS) is 1. The summed E-state index contributed by atoms with van der Waals surface area (Å²) in [5.41, 5.74) is 1.88. The van der Waals surface area contributed by atoms with Crippen LogP contribution in [0.5, 0.6) is 0 Å². The second kappa shape index (κ2) is 9.50. The molecule has 1 aromatic carbocycles. The average Bonchev–Trinajstić information content (AvgIpc) is 3.35. The Balaban J connectivity index is 1.74. The van der Waals surface area contributed by atoms with Crippen LogP contribution in [0.2, 0.25) is 0 Å². The van der Waals surface area contributed by atoms with Gasteiger partial charge in [-0.15, -0.1) is 0 Å². The SMILES string of the molecule is CCCC(NCC(=O)Nc1cc(C2CCCC2)nn1-c1ccccc1)C(=O)O. The zero-order chi connectivity index (χ0) is 19.9. The van der Waals surface area contributed by atoms with Crippen molar-refractivity contribution in [2.45, 2.75) is 57.4 Å². The van der Waals surface area contributed by atoms with E-state index in [9.17, 15) is 14.7 Å². The molecule has 0 radical (unpaired) electrons. The van der Waals surface area contributed by atoms with Crippen LogP contribution in [0.1, 0.15) is 57.1 Å². The maximum atomic E-state index is 12.5. The molecule has 150 valence electrons. The largest absolute Gasteiger partial charge is 0.480 e. The number of aliphatic carboxylic acids is 1. The third kappa shape index (κ3) is 4.98. The van der Waals surface area contributed by atoms with Crippen molar-refractivity contribution in [3.05, 3.63) is 42.1 Å². The number of carbonyl (C=O) groups is 2. The van der Waals surface area contributed by atoms with Crippen molar-refractivity contribution in [2.75, 3.05) is 11.9 Å². The summed E-state index contributed by atoms with van der Waals surface area (Å²) in [6.07, 6.45) is 5.88. The van der Waals surface area contributed by atoms with Crippen LogP contribution < -0.4 is 10.6 Å². The van der Waals surface area contributed by atoms with Gasteiger partial charge in [-0.25, -0.2) is 4.68 Å². The number of benzene rings is 1. The number of hydrogen-bond donors (Lipinski definition) is 3. The van der Waals surface area contributed by atoms with Crippen LogP contribution in [0.3, 0.4) is 0 Å². The number of hydrogen-bond acceptors (Lipinski definition) is 4. The number of rotatable bonds is 9. The standard InChI is InChI=1S/C21H28N4O3/c1-2-8-17(21(27)28)22-14-20(26)23-19-13-18(15-9-6-7-10-15)24-25(19)16-11-4-3-5-12-16/h3-5,11-13,15,17,22H,2,6-10,14H2,1H3,(H,23,26)(H,27,28). The molecule has 3 N–H and O–H groups in total. The lowest BCUT2D eigenvalue weighted by molar-refractivity contribution is -0.139. The Morgan fingerprint density at radius 1 is 1.25 bits per heavy atom. The van der Waals surface area contributed by atoms with E-state index < -0.39 is 12.0 Å². The first kappa shape index (κ1) is 20.1. The number of carboxylic acids is 1. The molecule has 1 aliphatic rings. The maximum Gasteiger partial charge on any atom is 0.320 e. The predicted molar refractivity (Wildman–Crippen MR) is 108 cm³/mol. The van der Waals surface area contributed by atoms with Gasteiger partial charge in [0, 0.05) is 12.0 Å². The molecule has 1 aromatic heterocycles. The van der Waals surface area contributed by atoms with E-state index in [1.165, 1.54) is 12.8 Å². The lowest BCUT2D eigenvalue weighted by atomic mass is 10.0. The number of amides is 1. The van der Waals surface area contributed by atoms with Crippen molar-refractivity contribution in [3.8, 4) is 5.69 Å². The van der Waals surface area contributed by atoms with Gasteiger partial charge in [-0.3, -0.25) is 14.9 Å². The molecule has 1 aliphatic carbocycles. The van der Waals surface area contributed by atoms with Crippen LogP contribution in [0.15, 0.2) is 36.4 Å². The quantitative estimate of drug-likeness (QED) is 0.616. The van der Waals surface area contributed by atoms with Gasteiger partial charge in [0.25, 0.3) is 0 Å². The molecule has 7 nitrogen and oxygen atoms in total. The van der Waals surface area contributed by atoms with Crippen molar-refractivity contribution in [2.24, 2.45) is 0 Å². The van der Waals surface area contributed by atoms with Gasteiger partial charge in [0.15, 0.2) is 0 Å². The van der Waals surface area contributed by atoms with Crippen molar-refractivity contribution >= 4 is 17.7 Å². The highest BCUT2D eigenvalue weighted by Crippen LogP contribution is 2.35. The van der Waals surface area contributed by atoms with E-state index in [1.807, 2.05) is 43.3 Å². The minimum Gasteiger partial charge on any atom is -0.480 e. The second-order valence-electron chi connectivity index (χ2n) is 7.29. The Kier molecular flexibility index (Phi) is 6.81. The molecule has 1 heterocycles. The Morgan fingerprint density at radius 2 is 1.96 bits per heavy atom. The molecule has 7 heteroatoms. The molecule has 0 bridgehead atoms. The molecule has 1 fully saturated rings. The van der Waals surface area contributed by atoms with E-state index in [4.69, 9.17) is 5.10 Å². The first-order chi connectivity index (χ1) is 13.6. The van der Waals surface area contributed by atoms with Gasteiger partial charge in [-0.05, 0) is 31.4 Å². The van der Waals surface area contributed by atoms with Gasteiger partial charge in [-0.1, -0.05) is 44.4 Å². The first-order valence-electron chi connectivity index (χ1n) is 10.00. The van der Waals surface area contributed by atoms with Gasteiger partial charge >= 0.3 is 5.97 Å². The topological polar surface area (TPSA) is 96.3 Å². The summed E-state index contributed by atoms with van der Waals surface area (Å²) in [5.74, 6) is -0.174. The number of nitrogens with one attached hydrogen (secondary N) is 2. The summed E-state index contributed by atoms with van der Waals surface area (Å²) >= 11 is 0. The fourth-order valence-corrected chi connectivity index (χ4v) is 3.68. The van der Waals surface area contributed by atoms with Crippen molar-refractivity contribution in [1.29, 1.82) is 0 Å². The van der Waals surface area contributed by atoms with Crippen LogP contribution in [-0.4, -0.2) is 39.4 Å². The van der Waals surface area contributed by atoms with Gasteiger partial charge in [-0.2, -0.15) is 5.10 Å². The molecule has 2 aromatic rings. The molecule has 1 amide bonds. The summed E-state index contributed by atoms with van der Waals surface area (Å²) < 4.78 is 1.76. The molecular weight excluding hydrogens is 356 g/mol. The van der Waals surface area contributed by atoms with Crippen molar-refractivity contribution < 1.29 is 14.7 Å². The predicted octanol–water partition coefficient (Wildman–Crippen LogP) is 3.31. The third-order valence-electron chi connectivity index (χ3n) is 5.15. The molecule has 28 heavy (non-hydrogen) atoms. The highest BCUT2D eigenvalue weighted by atomic mass is 16.4. The lowest BCUT2D eigenvalue weighted by Crippen LogP contribution is -2.41. The van der Waals surface area contributed by atoms with Crippen molar-refractivity contribution in [3.63, 3.8) is 0 Å². The van der Waals surface area contributed by atoms with E-state index >= 15 is 0 Å². The van der Waals surface area contributed by atoms with Crippen LogP contribution >= 0.6 is 0 Å². The highest BCUT2D eigenvalue weighted by Gasteiger charge is 2.23. The lowest BCUT2D eigenvalue weighted by Gasteiger charge is -2.13. The van der Waals surface area contributed by atoms with Gasteiger partial charge in [0.05, 0.1) is 17.9 Å². The number of anilines is 1. The van der Waals surface area contributed by atoms with Crippen LogP contribution in [-0.2, 0) is 9.59 Å². The summed E-state index contributed by atoms with van der Waals surface area (Å²) in [5, 5.41) is 19.7. The summed E-state index contributed by atoms with van der Waals surface area (Å²) in [6.45, 7) is 1.86. The van der Waals surface area contributed by atoms with E-state index in [1.54, 1.807) is 4.68 Å². The zero-order valence-corrected chi connectivity index (χ0v) is 16.2. The van der Waals surface area contributed by atoms with E-state index in [0.717, 1.165) is 30.6 Å². The highest BCUT2D eigenvalue weighted by molar-refractivity contribution is 5.92. The average molecular weight is 384 g/mol. The molecule has 0 aliphatic heterocycles. The minimum atomic E-state index is -0.938. The Morgan fingerprint density at radius 3 is 2.61 bits per heavy atom. The molecule has 1 unspecified atom stereocenters. The number of carbonyl (C=O) groups excluding carboxylic acids is 1. The van der Waals surface area contributed by atoms with Gasteiger partial charge in [0.2, 0.25) is 5.91 Å². The molecule has 1 atom stereocenters. The molecule has 1 saturated carbocycles. The summed E-state index contributed by atoms with van der Waals surface area (Å²) in [6, 6.07) is 10.9. The van der Waals surface area contributed by atoms with Crippen LogP contribution in [0.4, 0.5) is 5.82 Å². The van der Waals surface area contributed by atoms with Crippen LogP contribution in [0, 0.1) is 0 Å². The third-order valence-corrected chi connectivity index (χ3v) is 5.15. The number of aromatic nitrogens is 2. The maximum absolute atomic E-state index is 12.5. The first-order valence-corrected chi connectivity index (χ1v) is 10.00. The normalized spacial score (nSPS) is 15.5. The number of para-hydroxylation sites is 1. The molecule has 0 saturated heterocycles. The van der Waals surface area contributed by atoms with Crippen molar-refractivity contribution in [1.82, 2.24) is 15.1 Å². The zero-order valence-electron chi connectivity index (χ0n) is 16.2. The Labute approximate surface area is 165 Å². The molecular formula is C21H28N4O3. The molecule has 0 spiro atoms. The van der Waals surface area contributed by atoms with Gasteiger partial charge in [0.1, 0.15) is 11.9 Å². The number of nitrogens with zero attached hydrogens (tertiary/aromatic N) is 2. The van der Waals surface area contributed by atoms with E-state index in [2.05, 4.69) is 10.6 Å². The van der Waals surface area contributed by atoms with E-state index in [-0.39, 0.29) is 12.5 Å². The summed E-state index contributed by atoms with van der Waals surface area (Å²) in [7, 11) is 0. The Bertz CT molecular complexity index is 797.